The molecule has 5 heteroatoms. The van der Waals surface area contributed by atoms with Crippen LogP contribution in [0.15, 0.2) is 54.6 Å². The first-order valence-corrected chi connectivity index (χ1v) is 12.1. The number of benzene rings is 2. The minimum absolute atomic E-state index is 0.0728. The van der Waals surface area contributed by atoms with Crippen molar-refractivity contribution in [2.24, 2.45) is 35.5 Å². The first kappa shape index (κ1) is 20.4. The van der Waals surface area contributed by atoms with Crippen molar-refractivity contribution in [1.82, 2.24) is 0 Å². The number of amides is 3. The van der Waals surface area contributed by atoms with E-state index >= 15 is 0 Å². The molecule has 2 bridgehead atoms. The average molecular weight is 441 g/mol. The highest BCUT2D eigenvalue weighted by Gasteiger charge is 2.67. The van der Waals surface area contributed by atoms with Gasteiger partial charge in [-0.2, -0.15) is 0 Å². The molecule has 168 valence electrons. The molecule has 6 atom stereocenters. The Morgan fingerprint density at radius 1 is 0.879 bits per heavy atom. The van der Waals surface area contributed by atoms with E-state index in [1.807, 2.05) is 18.2 Å². The summed E-state index contributed by atoms with van der Waals surface area (Å²) >= 11 is 0. The summed E-state index contributed by atoms with van der Waals surface area (Å²) in [7, 11) is 0. The second-order valence-electron chi connectivity index (χ2n) is 9.83. The van der Waals surface area contributed by atoms with Gasteiger partial charge in [0, 0.05) is 11.3 Å². The number of aryl methyl sites for hydroxylation is 2. The van der Waals surface area contributed by atoms with Crippen molar-refractivity contribution in [2.45, 2.75) is 33.1 Å². The molecular weight excluding hydrogens is 412 g/mol. The Balaban J connectivity index is 1.23. The van der Waals surface area contributed by atoms with Gasteiger partial charge in [-0.25, -0.2) is 0 Å². The third-order valence-corrected chi connectivity index (χ3v) is 8.29. The molecule has 0 radical (unpaired) electrons. The van der Waals surface area contributed by atoms with Gasteiger partial charge in [-0.05, 0) is 78.3 Å². The number of hydrogen-bond acceptors (Lipinski definition) is 3. The van der Waals surface area contributed by atoms with Crippen molar-refractivity contribution in [3.8, 4) is 0 Å². The maximum absolute atomic E-state index is 13.3. The van der Waals surface area contributed by atoms with E-state index < -0.39 is 0 Å². The lowest BCUT2D eigenvalue weighted by atomic mass is 9.63. The quantitative estimate of drug-likeness (QED) is 0.545. The van der Waals surface area contributed by atoms with Crippen molar-refractivity contribution in [2.75, 3.05) is 10.2 Å². The Labute approximate surface area is 193 Å². The van der Waals surface area contributed by atoms with Crippen LogP contribution in [-0.4, -0.2) is 17.7 Å². The zero-order valence-electron chi connectivity index (χ0n) is 19.0. The fraction of sp³-hybridized carbons (Fsp3) is 0.393. The standard InChI is InChI=1S/C28H28N2O3/c1-3-15-6-5-7-16(4-2)25(15)29-26(31)17-8-10-18(11-9-17)30-27(32)23-19-12-13-20(22-14-21(19)22)24(23)28(30)33/h5-13,19-24H,3-4,14H2,1-2H3,(H,29,31)/t19-,20-,21-,22+,23+,24+/m0/s1. The molecule has 1 heterocycles. The maximum atomic E-state index is 13.3. The van der Waals surface area contributed by atoms with E-state index in [1.54, 1.807) is 24.3 Å². The Bertz CT molecular complexity index is 1140. The van der Waals surface area contributed by atoms with Crippen LogP contribution in [0.4, 0.5) is 11.4 Å². The molecule has 33 heavy (non-hydrogen) atoms. The number of hydrogen-bond donors (Lipinski definition) is 1. The van der Waals surface area contributed by atoms with Crippen molar-refractivity contribution >= 4 is 29.1 Å². The predicted octanol–water partition coefficient (Wildman–Crippen LogP) is 4.62. The van der Waals surface area contributed by atoms with E-state index in [0.29, 0.717) is 23.1 Å². The van der Waals surface area contributed by atoms with Gasteiger partial charge >= 0.3 is 0 Å². The normalized spacial score (nSPS) is 30.9. The van der Waals surface area contributed by atoms with Crippen LogP contribution in [0.5, 0.6) is 0 Å². The van der Waals surface area contributed by atoms with Gasteiger partial charge < -0.3 is 5.32 Å². The molecule has 4 aliphatic carbocycles. The number of carbonyl (C=O) groups excluding carboxylic acids is 3. The lowest BCUT2D eigenvalue weighted by Gasteiger charge is -2.37. The lowest BCUT2D eigenvalue weighted by Crippen LogP contribution is -2.40. The average Bonchev–Trinajstić information content (AvgIpc) is 3.62. The van der Waals surface area contributed by atoms with Crippen LogP contribution in [0.25, 0.3) is 0 Å². The van der Waals surface area contributed by atoms with Crippen LogP contribution in [0.1, 0.15) is 41.8 Å². The smallest absolute Gasteiger partial charge is 0.255 e. The van der Waals surface area contributed by atoms with E-state index in [-0.39, 0.29) is 41.4 Å². The van der Waals surface area contributed by atoms with E-state index in [0.717, 1.165) is 36.1 Å². The molecule has 1 saturated heterocycles. The molecule has 1 aliphatic heterocycles. The Hall–Kier alpha value is -3.21. The lowest BCUT2D eigenvalue weighted by molar-refractivity contribution is -0.124. The number of nitrogens with zero attached hydrogens (tertiary/aromatic N) is 1. The largest absolute Gasteiger partial charge is 0.321 e. The molecule has 1 N–H and O–H groups in total. The minimum atomic E-state index is -0.211. The van der Waals surface area contributed by atoms with Gasteiger partial charge in [-0.15, -0.1) is 0 Å². The number of nitrogens with one attached hydrogen (secondary N) is 1. The molecule has 3 fully saturated rings. The second kappa shape index (κ2) is 7.41. The Morgan fingerprint density at radius 2 is 1.42 bits per heavy atom. The second-order valence-corrected chi connectivity index (χ2v) is 9.83. The summed E-state index contributed by atoms with van der Waals surface area (Å²) in [5, 5.41) is 3.08. The molecule has 2 aromatic carbocycles. The van der Waals surface area contributed by atoms with Crippen molar-refractivity contribution < 1.29 is 14.4 Å². The number of imide groups is 1. The van der Waals surface area contributed by atoms with Gasteiger partial charge in [-0.3, -0.25) is 19.3 Å². The van der Waals surface area contributed by atoms with Gasteiger partial charge in [0.05, 0.1) is 17.5 Å². The van der Waals surface area contributed by atoms with Gasteiger partial charge in [0.2, 0.25) is 11.8 Å². The molecule has 7 rings (SSSR count). The summed E-state index contributed by atoms with van der Waals surface area (Å²) in [5.74, 6) is 0.839. The summed E-state index contributed by atoms with van der Waals surface area (Å²) in [6.07, 6.45) is 7.19. The molecule has 2 saturated carbocycles. The van der Waals surface area contributed by atoms with Crippen LogP contribution >= 0.6 is 0 Å². The van der Waals surface area contributed by atoms with Gasteiger partial charge in [0.15, 0.2) is 0 Å². The summed E-state index contributed by atoms with van der Waals surface area (Å²) in [6, 6.07) is 13.0. The van der Waals surface area contributed by atoms with E-state index in [4.69, 9.17) is 0 Å². The molecule has 0 unspecified atom stereocenters. The number of allylic oxidation sites excluding steroid dienone is 2. The van der Waals surface area contributed by atoms with E-state index in [9.17, 15) is 14.4 Å². The Kier molecular flexibility index (Phi) is 4.58. The number of carbonyl (C=O) groups is 3. The van der Waals surface area contributed by atoms with Crippen molar-refractivity contribution in [3.05, 3.63) is 71.3 Å². The SMILES string of the molecule is CCc1cccc(CC)c1NC(=O)c1ccc(N2C(=O)[C@@H]3[C@H]4C=C[C@@H]([C@@H]5C[C@H]45)[C@H]3C2=O)cc1. The maximum Gasteiger partial charge on any atom is 0.255 e. The number of anilines is 2. The van der Waals surface area contributed by atoms with Crippen molar-refractivity contribution in [1.29, 1.82) is 0 Å². The Morgan fingerprint density at radius 3 is 1.94 bits per heavy atom. The van der Waals surface area contributed by atoms with Crippen molar-refractivity contribution in [3.63, 3.8) is 0 Å². The summed E-state index contributed by atoms with van der Waals surface area (Å²) in [6.45, 7) is 4.15. The highest BCUT2D eigenvalue weighted by molar-refractivity contribution is 6.22. The fourth-order valence-corrected chi connectivity index (χ4v) is 6.56. The van der Waals surface area contributed by atoms with Gasteiger partial charge in [0.25, 0.3) is 5.91 Å². The monoisotopic (exact) mass is 440 g/mol. The zero-order valence-corrected chi connectivity index (χ0v) is 19.0. The van der Waals surface area contributed by atoms with Crippen LogP contribution in [0.2, 0.25) is 0 Å². The minimum Gasteiger partial charge on any atom is -0.321 e. The molecule has 5 aliphatic rings. The van der Waals surface area contributed by atoms with Gasteiger partial charge in [-0.1, -0.05) is 44.2 Å². The first-order chi connectivity index (χ1) is 16.0. The molecule has 0 aromatic heterocycles. The zero-order chi connectivity index (χ0) is 22.9. The molecule has 5 nitrogen and oxygen atoms in total. The molecule has 0 spiro atoms. The molecule has 3 amide bonds. The number of para-hydroxylation sites is 1. The van der Waals surface area contributed by atoms with Crippen LogP contribution in [0.3, 0.4) is 0 Å². The predicted molar refractivity (Wildman–Crippen MR) is 127 cm³/mol. The van der Waals surface area contributed by atoms with Crippen LogP contribution in [-0.2, 0) is 22.4 Å². The summed E-state index contributed by atoms with van der Waals surface area (Å²) in [4.78, 5) is 41.0. The van der Waals surface area contributed by atoms with E-state index in [2.05, 4.69) is 31.3 Å². The third kappa shape index (κ3) is 2.94. The summed E-state index contributed by atoms with van der Waals surface area (Å²) in [5.41, 5.74) is 4.17. The molecule has 2 aromatic rings. The first-order valence-electron chi connectivity index (χ1n) is 12.1. The van der Waals surface area contributed by atoms with E-state index in [1.165, 1.54) is 4.90 Å². The van der Waals surface area contributed by atoms with Crippen LogP contribution in [0, 0.1) is 35.5 Å². The molecular formula is C28H28N2O3. The highest BCUT2D eigenvalue weighted by atomic mass is 16.2. The van der Waals surface area contributed by atoms with Gasteiger partial charge in [0.1, 0.15) is 0 Å². The topological polar surface area (TPSA) is 66.5 Å². The fourth-order valence-electron chi connectivity index (χ4n) is 6.56. The third-order valence-electron chi connectivity index (χ3n) is 8.29. The van der Waals surface area contributed by atoms with Crippen LogP contribution < -0.4 is 10.2 Å². The number of rotatable bonds is 5. The highest BCUT2D eigenvalue weighted by Crippen LogP contribution is 2.65. The summed E-state index contributed by atoms with van der Waals surface area (Å²) < 4.78 is 0.